The van der Waals surface area contributed by atoms with Gasteiger partial charge in [0.15, 0.2) is 0 Å². The summed E-state index contributed by atoms with van der Waals surface area (Å²) in [6, 6.07) is 12.8. The Kier molecular flexibility index (Phi) is 2.97. The van der Waals surface area contributed by atoms with E-state index < -0.39 is 6.10 Å². The predicted octanol–water partition coefficient (Wildman–Crippen LogP) is 2.65. The Hall–Kier alpha value is -2.20. The maximum Gasteiger partial charge on any atom is 0.0861 e. The quantitative estimate of drug-likeness (QED) is 0.939. The Morgan fingerprint density at radius 1 is 1.14 bits per heavy atom. The van der Waals surface area contributed by atoms with Crippen molar-refractivity contribution in [3.05, 3.63) is 65.5 Å². The van der Waals surface area contributed by atoms with Crippen LogP contribution in [0.5, 0.6) is 0 Å². The number of rotatable bonds is 3. The van der Waals surface area contributed by atoms with Crippen LogP contribution >= 0.6 is 0 Å². The van der Waals surface area contributed by atoms with Crippen LogP contribution in [0.2, 0.25) is 0 Å². The van der Waals surface area contributed by atoms with Gasteiger partial charge in [0.05, 0.1) is 31.1 Å². The van der Waals surface area contributed by atoms with E-state index in [4.69, 9.17) is 0 Å². The third-order valence-corrected chi connectivity index (χ3v) is 4.46. The van der Waals surface area contributed by atoms with Crippen LogP contribution in [0.15, 0.2) is 53.8 Å². The fourth-order valence-corrected chi connectivity index (χ4v) is 3.43. The molecule has 0 aliphatic carbocycles. The lowest BCUT2D eigenvalue weighted by Crippen LogP contribution is -2.23. The van der Waals surface area contributed by atoms with Crippen molar-refractivity contribution in [1.29, 1.82) is 0 Å². The molecule has 106 valence electrons. The minimum absolute atomic E-state index is 0.195. The highest BCUT2D eigenvalue weighted by Crippen LogP contribution is 2.46. The summed E-state index contributed by atoms with van der Waals surface area (Å²) in [5.41, 5.74) is 3.59. The molecule has 4 rings (SSSR count). The summed E-state index contributed by atoms with van der Waals surface area (Å²) < 4.78 is 0. The van der Waals surface area contributed by atoms with Crippen LogP contribution < -0.4 is 0 Å². The molecule has 3 atom stereocenters. The van der Waals surface area contributed by atoms with Gasteiger partial charge in [0, 0.05) is 18.8 Å². The van der Waals surface area contributed by atoms with Crippen LogP contribution in [0.1, 0.15) is 41.3 Å². The lowest BCUT2D eigenvalue weighted by atomic mass is 9.96. The van der Waals surface area contributed by atoms with E-state index in [1.807, 2.05) is 18.5 Å². The molecule has 1 N–H and O–H groups in total. The molecule has 4 nitrogen and oxygen atoms in total. The Labute approximate surface area is 123 Å². The second-order valence-electron chi connectivity index (χ2n) is 5.62. The van der Waals surface area contributed by atoms with Crippen molar-refractivity contribution in [2.75, 3.05) is 6.54 Å². The van der Waals surface area contributed by atoms with Crippen LogP contribution in [0.4, 0.5) is 0 Å². The monoisotopic (exact) mass is 279 g/mol. The molecular weight excluding hydrogens is 262 g/mol. The van der Waals surface area contributed by atoms with Crippen LogP contribution in [0, 0.1) is 0 Å². The van der Waals surface area contributed by atoms with Crippen LogP contribution in [-0.2, 0) is 0 Å². The number of fused-ring (bicyclic) bond motifs is 3. The first-order valence-corrected chi connectivity index (χ1v) is 7.29. The zero-order valence-corrected chi connectivity index (χ0v) is 11.6. The first-order chi connectivity index (χ1) is 10.3. The lowest BCUT2D eigenvalue weighted by Gasteiger charge is -2.26. The summed E-state index contributed by atoms with van der Waals surface area (Å²) in [7, 11) is 0. The molecule has 0 bridgehead atoms. The molecule has 0 radical (unpaired) electrons. The van der Waals surface area contributed by atoms with Crippen molar-refractivity contribution in [2.24, 2.45) is 4.99 Å². The number of aliphatic imine (C=N–C) groups is 1. The van der Waals surface area contributed by atoms with Gasteiger partial charge in [0.2, 0.25) is 0 Å². The molecule has 4 heteroatoms. The molecule has 2 aliphatic rings. The van der Waals surface area contributed by atoms with Gasteiger partial charge in [0.1, 0.15) is 0 Å². The number of nitrogens with zero attached hydrogens (tertiary/aromatic N) is 3. The first-order valence-electron chi connectivity index (χ1n) is 7.29. The van der Waals surface area contributed by atoms with Crippen molar-refractivity contribution < 1.29 is 5.11 Å². The van der Waals surface area contributed by atoms with Gasteiger partial charge in [-0.2, -0.15) is 0 Å². The maximum absolute atomic E-state index is 10.5. The molecule has 2 aliphatic heterocycles. The topological polar surface area (TPSA) is 48.7 Å². The van der Waals surface area contributed by atoms with Gasteiger partial charge in [0.25, 0.3) is 0 Å². The zero-order chi connectivity index (χ0) is 14.2. The first kappa shape index (κ1) is 12.5. The number of aromatic nitrogens is 1. The van der Waals surface area contributed by atoms with Gasteiger partial charge in [-0.15, -0.1) is 0 Å². The number of hydrogen-bond donors (Lipinski definition) is 1. The second-order valence-corrected chi connectivity index (χ2v) is 5.62. The number of pyridine rings is 1. The molecule has 3 unspecified atom stereocenters. The van der Waals surface area contributed by atoms with Gasteiger partial charge in [-0.25, -0.2) is 0 Å². The Balaban J connectivity index is 1.64. The Morgan fingerprint density at radius 3 is 2.71 bits per heavy atom. The summed E-state index contributed by atoms with van der Waals surface area (Å²) in [5, 5.41) is 10.5. The van der Waals surface area contributed by atoms with Crippen molar-refractivity contribution >= 4 is 6.34 Å². The van der Waals surface area contributed by atoms with Gasteiger partial charge >= 0.3 is 0 Å². The van der Waals surface area contributed by atoms with E-state index >= 15 is 0 Å². The van der Waals surface area contributed by atoms with Gasteiger partial charge in [-0.3, -0.25) is 9.98 Å². The smallest absolute Gasteiger partial charge is 0.0861 e. The number of hydrogen-bond acceptors (Lipinski definition) is 4. The van der Waals surface area contributed by atoms with Crippen molar-refractivity contribution in [3.8, 4) is 0 Å². The Bertz CT molecular complexity index is 671. The number of aliphatic hydroxyl groups excluding tert-OH is 1. The van der Waals surface area contributed by atoms with Crippen LogP contribution in [0.25, 0.3) is 0 Å². The Morgan fingerprint density at radius 2 is 1.90 bits per heavy atom. The molecule has 0 fully saturated rings. The van der Waals surface area contributed by atoms with E-state index in [1.165, 1.54) is 11.1 Å². The molecule has 1 aromatic carbocycles. The third-order valence-electron chi connectivity index (χ3n) is 4.46. The molecule has 3 heterocycles. The normalized spacial score (nSPS) is 24.0. The molecule has 0 amide bonds. The zero-order valence-electron chi connectivity index (χ0n) is 11.6. The summed E-state index contributed by atoms with van der Waals surface area (Å²) >= 11 is 0. The van der Waals surface area contributed by atoms with Crippen LogP contribution in [0.3, 0.4) is 0 Å². The molecular formula is C17H17N3O. The second kappa shape index (κ2) is 4.97. The van der Waals surface area contributed by atoms with Crippen molar-refractivity contribution in [1.82, 2.24) is 9.88 Å². The standard InChI is InChI=1S/C17H17N3O/c21-17(12-5-7-18-8-6-12)9-15-13-3-1-2-4-14(13)16-10-19-11-20(15)16/h1-8,11,15-17,21H,9-10H2. The van der Waals surface area contributed by atoms with Crippen molar-refractivity contribution in [2.45, 2.75) is 24.6 Å². The average molecular weight is 279 g/mol. The number of benzene rings is 1. The third kappa shape index (κ3) is 2.03. The van der Waals surface area contributed by atoms with Gasteiger partial charge in [-0.1, -0.05) is 24.3 Å². The summed E-state index contributed by atoms with van der Waals surface area (Å²) in [6.07, 6.45) is 5.57. The van der Waals surface area contributed by atoms with E-state index in [0.29, 0.717) is 12.5 Å². The van der Waals surface area contributed by atoms with Crippen molar-refractivity contribution in [3.63, 3.8) is 0 Å². The minimum Gasteiger partial charge on any atom is -0.388 e. The average Bonchev–Trinajstić information content (AvgIpc) is 3.11. The van der Waals surface area contributed by atoms with E-state index in [1.54, 1.807) is 12.4 Å². The molecule has 0 spiro atoms. The molecule has 1 aromatic heterocycles. The maximum atomic E-state index is 10.5. The van der Waals surface area contributed by atoms with E-state index in [-0.39, 0.29) is 6.04 Å². The van der Waals surface area contributed by atoms with E-state index in [2.05, 4.69) is 39.1 Å². The van der Waals surface area contributed by atoms with Crippen LogP contribution in [-0.4, -0.2) is 27.9 Å². The van der Waals surface area contributed by atoms with E-state index in [9.17, 15) is 5.11 Å². The van der Waals surface area contributed by atoms with Gasteiger partial charge in [-0.05, 0) is 28.8 Å². The highest BCUT2D eigenvalue weighted by atomic mass is 16.3. The summed E-state index contributed by atoms with van der Waals surface area (Å²) in [4.78, 5) is 10.7. The SMILES string of the molecule is OC(CC1c2ccccc2C2CN=CN21)c1ccncc1. The highest BCUT2D eigenvalue weighted by Gasteiger charge is 2.39. The summed E-state index contributed by atoms with van der Waals surface area (Å²) in [6.45, 7) is 0.818. The predicted molar refractivity (Wildman–Crippen MR) is 80.9 cm³/mol. The summed E-state index contributed by atoms with van der Waals surface area (Å²) in [5.74, 6) is 0. The lowest BCUT2D eigenvalue weighted by molar-refractivity contribution is 0.131. The van der Waals surface area contributed by atoms with E-state index in [0.717, 1.165) is 12.1 Å². The molecule has 21 heavy (non-hydrogen) atoms. The molecule has 0 saturated heterocycles. The minimum atomic E-state index is -0.487. The largest absolute Gasteiger partial charge is 0.388 e. The molecule has 0 saturated carbocycles. The molecule has 2 aromatic rings. The fraction of sp³-hybridized carbons (Fsp3) is 0.294. The van der Waals surface area contributed by atoms with Gasteiger partial charge < -0.3 is 10.0 Å². The number of aliphatic hydroxyl groups is 1. The highest BCUT2D eigenvalue weighted by molar-refractivity contribution is 5.63. The fourth-order valence-electron chi connectivity index (χ4n) is 3.43.